The maximum atomic E-state index is 12.7. The number of methoxy groups -OCH3 is 1. The molecule has 0 radical (unpaired) electrons. The van der Waals surface area contributed by atoms with Gasteiger partial charge in [0.15, 0.2) is 11.5 Å². The van der Waals surface area contributed by atoms with Gasteiger partial charge in [-0.2, -0.15) is 0 Å². The normalized spacial score (nSPS) is 12.8. The molecule has 0 aromatic heterocycles. The van der Waals surface area contributed by atoms with Crippen LogP contribution in [0, 0.1) is 0 Å². The molecule has 136 valence electrons. The highest BCUT2D eigenvalue weighted by molar-refractivity contribution is 6.47. The summed E-state index contributed by atoms with van der Waals surface area (Å²) in [6.45, 7) is 0.129. The molecular formula is C19H19ClN2O4. The molecule has 0 spiro atoms. The zero-order valence-corrected chi connectivity index (χ0v) is 15.5. The summed E-state index contributed by atoms with van der Waals surface area (Å²) < 4.78 is 16.0. The number of nitrogens with zero attached hydrogens (tertiary/aromatic N) is 1. The summed E-state index contributed by atoms with van der Waals surface area (Å²) in [4.78, 5) is 14.5. The minimum absolute atomic E-state index is 0.0698. The van der Waals surface area contributed by atoms with Gasteiger partial charge in [0.25, 0.3) is 0 Å². The van der Waals surface area contributed by atoms with E-state index >= 15 is 0 Å². The van der Waals surface area contributed by atoms with Crippen molar-refractivity contribution < 1.29 is 19.0 Å². The van der Waals surface area contributed by atoms with E-state index in [-0.39, 0.29) is 17.6 Å². The first-order valence-corrected chi connectivity index (χ1v) is 8.25. The number of Topliss-reactive ketones (excluding diaryl/α,β-unsaturated/α-hetero) is 1. The van der Waals surface area contributed by atoms with Crippen LogP contribution in [0.2, 0.25) is 0 Å². The molecule has 0 amide bonds. The van der Waals surface area contributed by atoms with Gasteiger partial charge in [-0.1, -0.05) is 11.6 Å². The van der Waals surface area contributed by atoms with Gasteiger partial charge < -0.3 is 24.8 Å². The maximum absolute atomic E-state index is 12.7. The van der Waals surface area contributed by atoms with Gasteiger partial charge in [-0.05, 0) is 42.0 Å². The molecule has 2 aromatic rings. The van der Waals surface area contributed by atoms with Gasteiger partial charge in [-0.3, -0.25) is 4.79 Å². The molecule has 1 heterocycles. The van der Waals surface area contributed by atoms with Gasteiger partial charge in [0.2, 0.25) is 18.3 Å². The van der Waals surface area contributed by atoms with Gasteiger partial charge in [0.1, 0.15) is 0 Å². The van der Waals surface area contributed by atoms with E-state index in [1.807, 2.05) is 19.0 Å². The summed E-state index contributed by atoms with van der Waals surface area (Å²) in [5.74, 6) is 1.31. The zero-order valence-electron chi connectivity index (χ0n) is 14.7. The predicted octanol–water partition coefficient (Wildman–Crippen LogP) is 3.53. The molecule has 2 N–H and O–H groups in total. The Kier molecular flexibility index (Phi) is 4.95. The molecule has 6 nitrogen and oxygen atoms in total. The number of benzene rings is 2. The Balaban J connectivity index is 1.93. The number of ketones is 1. The fraction of sp³-hybridized carbons (Fsp3) is 0.211. The van der Waals surface area contributed by atoms with Crippen molar-refractivity contribution in [1.29, 1.82) is 0 Å². The van der Waals surface area contributed by atoms with Gasteiger partial charge >= 0.3 is 0 Å². The summed E-state index contributed by atoms with van der Waals surface area (Å²) in [6, 6.07) is 8.54. The highest BCUT2D eigenvalue weighted by Gasteiger charge is 2.20. The van der Waals surface area contributed by atoms with Crippen molar-refractivity contribution in [3.63, 3.8) is 0 Å². The largest absolute Gasteiger partial charge is 0.493 e. The second-order valence-corrected chi connectivity index (χ2v) is 6.35. The molecule has 1 aliphatic heterocycles. The van der Waals surface area contributed by atoms with Crippen molar-refractivity contribution in [3.8, 4) is 17.2 Å². The van der Waals surface area contributed by atoms with E-state index in [9.17, 15) is 4.79 Å². The minimum atomic E-state index is -0.300. The summed E-state index contributed by atoms with van der Waals surface area (Å²) in [5.41, 5.74) is 8.41. The fourth-order valence-corrected chi connectivity index (χ4v) is 2.89. The quantitative estimate of drug-likeness (QED) is 0.490. The lowest BCUT2D eigenvalue weighted by Crippen LogP contribution is -2.12. The molecule has 2 aromatic carbocycles. The number of carbonyl (C=O) groups is 1. The molecule has 1 aliphatic rings. The number of nitrogen functional groups attached to an aromatic ring is 1. The molecule has 0 aliphatic carbocycles. The van der Waals surface area contributed by atoms with Crippen molar-refractivity contribution in [2.24, 2.45) is 0 Å². The summed E-state index contributed by atoms with van der Waals surface area (Å²) >= 11 is 6.27. The highest BCUT2D eigenvalue weighted by Crippen LogP contribution is 2.42. The SMILES string of the molecule is COc1cc(/C=C(/Cl)C(=O)c2ccc(N)c(N(C)C)c2)cc2c1OCO2. The Bertz CT molecular complexity index is 893. The van der Waals surface area contributed by atoms with E-state index in [0.29, 0.717) is 34.1 Å². The van der Waals surface area contributed by atoms with E-state index in [0.717, 1.165) is 5.69 Å². The van der Waals surface area contributed by atoms with Gasteiger partial charge in [-0.15, -0.1) is 0 Å². The van der Waals surface area contributed by atoms with Crippen molar-refractivity contribution in [2.45, 2.75) is 0 Å². The van der Waals surface area contributed by atoms with Gasteiger partial charge in [-0.25, -0.2) is 0 Å². The van der Waals surface area contributed by atoms with Crippen LogP contribution in [-0.2, 0) is 0 Å². The standard InChI is InChI=1S/C19H19ClN2O4/c1-22(2)15-9-12(4-5-14(15)21)18(23)13(20)6-11-7-16(24-3)19-17(8-11)25-10-26-19/h4-9H,10,21H2,1-3H3/b13-6+. The number of carbonyl (C=O) groups excluding carboxylic acids is 1. The van der Waals surface area contributed by atoms with Crippen LogP contribution in [0.3, 0.4) is 0 Å². The Hall–Kier alpha value is -2.86. The third-order valence-corrected chi connectivity index (χ3v) is 4.25. The summed E-state index contributed by atoms with van der Waals surface area (Å²) in [6.07, 6.45) is 1.57. The molecule has 0 atom stereocenters. The van der Waals surface area contributed by atoms with E-state index in [2.05, 4.69) is 0 Å². The topological polar surface area (TPSA) is 74.0 Å². The molecular weight excluding hydrogens is 356 g/mol. The third-order valence-electron chi connectivity index (χ3n) is 3.97. The number of hydrogen-bond donors (Lipinski definition) is 1. The lowest BCUT2D eigenvalue weighted by Gasteiger charge is -2.16. The van der Waals surface area contributed by atoms with Crippen molar-refractivity contribution in [3.05, 3.63) is 46.5 Å². The lowest BCUT2D eigenvalue weighted by atomic mass is 10.1. The van der Waals surface area contributed by atoms with Crippen LogP contribution in [0.25, 0.3) is 6.08 Å². The maximum Gasteiger partial charge on any atom is 0.231 e. The summed E-state index contributed by atoms with van der Waals surface area (Å²) in [5, 5.41) is 0.0698. The molecule has 0 saturated carbocycles. The lowest BCUT2D eigenvalue weighted by molar-refractivity contribution is 0.104. The first-order chi connectivity index (χ1) is 12.4. The molecule has 26 heavy (non-hydrogen) atoms. The Morgan fingerprint density at radius 2 is 2.04 bits per heavy atom. The van der Waals surface area contributed by atoms with E-state index in [4.69, 9.17) is 31.5 Å². The molecule has 0 unspecified atom stereocenters. The monoisotopic (exact) mass is 374 g/mol. The van der Waals surface area contributed by atoms with E-state index in [1.54, 1.807) is 36.4 Å². The smallest absolute Gasteiger partial charge is 0.231 e. The van der Waals surface area contributed by atoms with Crippen LogP contribution in [0.5, 0.6) is 17.2 Å². The molecule has 0 bridgehead atoms. The van der Waals surface area contributed by atoms with Gasteiger partial charge in [0.05, 0.1) is 23.5 Å². The van der Waals surface area contributed by atoms with Crippen LogP contribution < -0.4 is 24.8 Å². The molecule has 7 heteroatoms. The number of rotatable bonds is 5. The number of allylic oxidation sites excluding steroid dienone is 1. The van der Waals surface area contributed by atoms with Crippen molar-refractivity contribution in [2.75, 3.05) is 38.6 Å². The minimum Gasteiger partial charge on any atom is -0.493 e. The van der Waals surface area contributed by atoms with E-state index in [1.165, 1.54) is 7.11 Å². The second-order valence-electron chi connectivity index (χ2n) is 5.95. The first kappa shape index (κ1) is 17.9. The van der Waals surface area contributed by atoms with Crippen molar-refractivity contribution in [1.82, 2.24) is 0 Å². The van der Waals surface area contributed by atoms with Crippen LogP contribution in [0.1, 0.15) is 15.9 Å². The Labute approximate surface area is 156 Å². The third kappa shape index (κ3) is 3.41. The second kappa shape index (κ2) is 7.17. The average Bonchev–Trinajstić information content (AvgIpc) is 3.09. The van der Waals surface area contributed by atoms with Crippen LogP contribution >= 0.6 is 11.6 Å². The van der Waals surface area contributed by atoms with E-state index < -0.39 is 0 Å². The highest BCUT2D eigenvalue weighted by atomic mass is 35.5. The molecule has 0 saturated heterocycles. The number of ether oxygens (including phenoxy) is 3. The van der Waals surface area contributed by atoms with Crippen LogP contribution in [-0.4, -0.2) is 33.8 Å². The molecule has 0 fully saturated rings. The Morgan fingerprint density at radius 3 is 2.73 bits per heavy atom. The fourth-order valence-electron chi connectivity index (χ4n) is 2.66. The van der Waals surface area contributed by atoms with Gasteiger partial charge in [0, 0.05) is 19.7 Å². The number of nitrogens with two attached hydrogens (primary N) is 1. The molecule has 3 rings (SSSR count). The van der Waals surface area contributed by atoms with Crippen LogP contribution in [0.15, 0.2) is 35.4 Å². The first-order valence-electron chi connectivity index (χ1n) is 7.87. The Morgan fingerprint density at radius 1 is 1.27 bits per heavy atom. The average molecular weight is 375 g/mol. The summed E-state index contributed by atoms with van der Waals surface area (Å²) in [7, 11) is 5.25. The van der Waals surface area contributed by atoms with Crippen molar-refractivity contribution >= 4 is 34.8 Å². The van der Waals surface area contributed by atoms with Crippen LogP contribution in [0.4, 0.5) is 11.4 Å². The number of halogens is 1. The number of hydrogen-bond acceptors (Lipinski definition) is 6. The zero-order chi connectivity index (χ0) is 18.8. The number of anilines is 2. The number of fused-ring (bicyclic) bond motifs is 1. The predicted molar refractivity (Wildman–Crippen MR) is 102 cm³/mol.